The van der Waals surface area contributed by atoms with Gasteiger partial charge in [-0.25, -0.2) is 0 Å². The normalized spacial score (nSPS) is 33.3. The van der Waals surface area contributed by atoms with Crippen LogP contribution in [0.15, 0.2) is 24.3 Å². The minimum Gasteiger partial charge on any atom is -0.390 e. The van der Waals surface area contributed by atoms with Gasteiger partial charge in [0.25, 0.3) is 5.91 Å². The van der Waals surface area contributed by atoms with Crippen LogP contribution in [-0.4, -0.2) is 32.4 Å². The highest BCUT2D eigenvalue weighted by molar-refractivity contribution is 6.38. The van der Waals surface area contributed by atoms with E-state index in [9.17, 15) is 9.90 Å². The minimum absolute atomic E-state index is 0.0890. The molecule has 148 valence electrons. The van der Waals surface area contributed by atoms with E-state index in [2.05, 4.69) is 10.4 Å². The number of aromatic nitrogens is 2. The molecule has 28 heavy (non-hydrogen) atoms. The van der Waals surface area contributed by atoms with Crippen LogP contribution in [0.3, 0.4) is 0 Å². The molecule has 2 N–H and O–H groups in total. The minimum atomic E-state index is -0.516. The second-order valence-electron chi connectivity index (χ2n) is 8.81. The lowest BCUT2D eigenvalue weighted by Crippen LogP contribution is -2.61. The van der Waals surface area contributed by atoms with Crippen molar-refractivity contribution < 1.29 is 9.90 Å². The smallest absolute Gasteiger partial charge is 0.273 e. The summed E-state index contributed by atoms with van der Waals surface area (Å²) < 4.78 is 1.61. The summed E-state index contributed by atoms with van der Waals surface area (Å²) in [7, 11) is 1.76. The van der Waals surface area contributed by atoms with E-state index in [0.717, 1.165) is 37.7 Å². The Morgan fingerprint density at radius 1 is 1.21 bits per heavy atom. The van der Waals surface area contributed by atoms with Gasteiger partial charge in [-0.05, 0) is 55.9 Å². The summed E-state index contributed by atoms with van der Waals surface area (Å²) in [5.41, 5.74) is 1.10. The highest BCUT2D eigenvalue weighted by Crippen LogP contribution is 2.55. The Morgan fingerprint density at radius 3 is 2.54 bits per heavy atom. The predicted molar refractivity (Wildman–Crippen MR) is 108 cm³/mol. The van der Waals surface area contributed by atoms with Crippen LogP contribution in [0.5, 0.6) is 0 Å². The molecule has 2 atom stereocenters. The van der Waals surface area contributed by atoms with Crippen molar-refractivity contribution in [1.82, 2.24) is 15.1 Å². The quantitative estimate of drug-likeness (QED) is 0.787. The van der Waals surface area contributed by atoms with Gasteiger partial charge in [-0.1, -0.05) is 41.4 Å². The molecule has 4 fully saturated rings. The molecule has 0 spiro atoms. The van der Waals surface area contributed by atoms with E-state index in [1.807, 2.05) is 18.2 Å². The number of nitrogens with one attached hydrogen (secondary N) is 1. The summed E-state index contributed by atoms with van der Waals surface area (Å²) in [4.78, 5) is 13.1. The Morgan fingerprint density at radius 2 is 1.89 bits per heavy atom. The van der Waals surface area contributed by atoms with Gasteiger partial charge in [0.05, 0.1) is 16.3 Å². The molecule has 1 heterocycles. The number of hydrogen-bond donors (Lipinski definition) is 2. The van der Waals surface area contributed by atoms with Gasteiger partial charge in [0.15, 0.2) is 5.69 Å². The lowest BCUT2D eigenvalue weighted by atomic mass is 9.52. The number of rotatable bonds is 3. The third-order valence-electron chi connectivity index (χ3n) is 6.87. The molecule has 6 rings (SSSR count). The van der Waals surface area contributed by atoms with Crippen LogP contribution in [0.1, 0.15) is 42.6 Å². The topological polar surface area (TPSA) is 67.2 Å². The number of carbonyl (C=O) groups is 1. The average Bonchev–Trinajstić information content (AvgIpc) is 2.92. The summed E-state index contributed by atoms with van der Waals surface area (Å²) in [5.74, 6) is 1.03. The van der Waals surface area contributed by atoms with Crippen LogP contribution in [0, 0.1) is 17.8 Å². The first-order valence-corrected chi connectivity index (χ1v) is 10.6. The second kappa shape index (κ2) is 6.48. The van der Waals surface area contributed by atoms with E-state index >= 15 is 0 Å². The fourth-order valence-corrected chi connectivity index (χ4v) is 6.60. The van der Waals surface area contributed by atoms with Crippen molar-refractivity contribution in [3.05, 3.63) is 40.0 Å². The predicted octanol–water partition coefficient (Wildman–Crippen LogP) is 4.06. The zero-order valence-corrected chi connectivity index (χ0v) is 17.2. The lowest BCUT2D eigenvalue weighted by Gasteiger charge is -2.58. The van der Waals surface area contributed by atoms with E-state index in [4.69, 9.17) is 23.2 Å². The summed E-state index contributed by atoms with van der Waals surface area (Å²) in [5, 5.41) is 19.2. The van der Waals surface area contributed by atoms with Gasteiger partial charge >= 0.3 is 0 Å². The maximum atomic E-state index is 13.1. The standard InChI is InChI=1S/C21H23Cl2N3O2/c1-26-19(14-4-2-3-5-15(14)22)16(23)18(25-26)20(27)24-17-12-6-11-7-13(17)10-21(28,8-11)9-12/h2-5,11-13,17,28H,6-10H2,1H3,(H,24,27)/t11?,12?,13?,17-,21+. The maximum Gasteiger partial charge on any atom is 0.273 e. The fourth-order valence-electron chi connectivity index (χ4n) is 6.03. The number of benzene rings is 1. The van der Waals surface area contributed by atoms with Gasteiger partial charge < -0.3 is 10.4 Å². The fraction of sp³-hybridized carbons (Fsp3) is 0.524. The molecule has 0 aliphatic heterocycles. The summed E-state index contributed by atoms with van der Waals surface area (Å²) >= 11 is 12.9. The van der Waals surface area contributed by atoms with Crippen molar-refractivity contribution in [1.29, 1.82) is 0 Å². The molecule has 7 heteroatoms. The molecular formula is C21H23Cl2N3O2. The third kappa shape index (κ3) is 2.87. The Kier molecular flexibility index (Phi) is 4.27. The van der Waals surface area contributed by atoms with Gasteiger partial charge in [0, 0.05) is 23.7 Å². The molecule has 5 nitrogen and oxygen atoms in total. The molecule has 4 bridgehead atoms. The van der Waals surface area contributed by atoms with E-state index in [0.29, 0.717) is 33.5 Å². The van der Waals surface area contributed by atoms with Crippen molar-refractivity contribution in [2.75, 3.05) is 0 Å². The summed E-state index contributed by atoms with van der Waals surface area (Å²) in [6, 6.07) is 7.48. The van der Waals surface area contributed by atoms with Crippen LogP contribution in [0.2, 0.25) is 10.0 Å². The SMILES string of the molecule is Cn1nc(C(=O)N[C@H]2C3CC4CC2C[C@@](O)(C4)C3)c(Cl)c1-c1ccccc1Cl. The number of hydrogen-bond acceptors (Lipinski definition) is 3. The molecule has 2 unspecified atom stereocenters. The number of aryl methyl sites for hydroxylation is 1. The molecule has 1 aromatic carbocycles. The summed E-state index contributed by atoms with van der Waals surface area (Å²) in [6.07, 6.45) is 4.67. The van der Waals surface area contributed by atoms with Gasteiger partial charge in [-0.3, -0.25) is 9.48 Å². The van der Waals surface area contributed by atoms with Gasteiger partial charge in [-0.2, -0.15) is 5.10 Å². The van der Waals surface area contributed by atoms with Crippen molar-refractivity contribution >= 4 is 29.1 Å². The molecule has 0 saturated heterocycles. The second-order valence-corrected chi connectivity index (χ2v) is 9.59. The van der Waals surface area contributed by atoms with E-state index in [1.165, 1.54) is 0 Å². The molecule has 1 amide bonds. The lowest BCUT2D eigenvalue weighted by molar-refractivity contribution is -0.136. The number of nitrogens with zero attached hydrogens (tertiary/aromatic N) is 2. The molecule has 4 aliphatic carbocycles. The zero-order valence-electron chi connectivity index (χ0n) is 15.7. The molecule has 4 aliphatic rings. The van der Waals surface area contributed by atoms with Crippen LogP contribution >= 0.6 is 23.2 Å². The van der Waals surface area contributed by atoms with Crippen molar-refractivity contribution in [2.45, 2.75) is 43.7 Å². The van der Waals surface area contributed by atoms with E-state index < -0.39 is 5.60 Å². The Bertz CT molecular complexity index is 941. The number of aliphatic hydroxyl groups is 1. The molecule has 0 radical (unpaired) electrons. The van der Waals surface area contributed by atoms with Gasteiger partial charge in [0.2, 0.25) is 0 Å². The Balaban J connectivity index is 1.41. The summed E-state index contributed by atoms with van der Waals surface area (Å²) in [6.45, 7) is 0. The van der Waals surface area contributed by atoms with Crippen molar-refractivity contribution in [3.8, 4) is 11.3 Å². The molecule has 4 saturated carbocycles. The van der Waals surface area contributed by atoms with Crippen LogP contribution in [0.4, 0.5) is 0 Å². The maximum absolute atomic E-state index is 13.1. The first-order valence-electron chi connectivity index (χ1n) is 9.85. The first kappa shape index (κ1) is 18.5. The highest BCUT2D eigenvalue weighted by atomic mass is 35.5. The van der Waals surface area contributed by atoms with Gasteiger partial charge in [0.1, 0.15) is 0 Å². The third-order valence-corrected chi connectivity index (χ3v) is 7.56. The average molecular weight is 420 g/mol. The molecular weight excluding hydrogens is 397 g/mol. The molecule has 1 aromatic heterocycles. The van der Waals surface area contributed by atoms with E-state index in [1.54, 1.807) is 17.8 Å². The largest absolute Gasteiger partial charge is 0.390 e. The van der Waals surface area contributed by atoms with Gasteiger partial charge in [-0.15, -0.1) is 0 Å². The number of amides is 1. The number of halogens is 2. The van der Waals surface area contributed by atoms with Crippen molar-refractivity contribution in [3.63, 3.8) is 0 Å². The number of carbonyl (C=O) groups excluding carboxylic acids is 1. The Hall–Kier alpha value is -1.56. The van der Waals surface area contributed by atoms with Crippen LogP contribution < -0.4 is 5.32 Å². The van der Waals surface area contributed by atoms with Crippen LogP contribution in [0.25, 0.3) is 11.3 Å². The van der Waals surface area contributed by atoms with Crippen molar-refractivity contribution in [2.24, 2.45) is 24.8 Å². The Labute approximate surface area is 174 Å². The zero-order chi connectivity index (χ0) is 19.6. The highest BCUT2D eigenvalue weighted by Gasteiger charge is 2.55. The first-order chi connectivity index (χ1) is 13.3. The van der Waals surface area contributed by atoms with Crippen LogP contribution in [-0.2, 0) is 7.05 Å². The van der Waals surface area contributed by atoms with E-state index in [-0.39, 0.29) is 17.6 Å². The molecule has 2 aromatic rings. The monoisotopic (exact) mass is 419 g/mol.